The van der Waals surface area contributed by atoms with E-state index in [1.807, 2.05) is 19.1 Å². The molecule has 100 valence electrons. The molecular weight excluding hydrogens is 253 g/mol. The highest BCUT2D eigenvalue weighted by Crippen LogP contribution is 2.12. The van der Waals surface area contributed by atoms with Crippen molar-refractivity contribution >= 4 is 5.78 Å². The minimum atomic E-state index is -0.307. The SMILES string of the molecule is Cc1ccc(CC(=O)Cc2ccc(F)cc2)cc1C#N. The third-order valence-electron chi connectivity index (χ3n) is 3.14. The molecule has 0 fully saturated rings. The maximum absolute atomic E-state index is 12.8. The second-order valence-electron chi connectivity index (χ2n) is 4.78. The summed E-state index contributed by atoms with van der Waals surface area (Å²) in [5.74, 6) is -0.261. The van der Waals surface area contributed by atoms with Gasteiger partial charge >= 0.3 is 0 Å². The molecule has 3 heteroatoms. The minimum absolute atomic E-state index is 0.0457. The Kier molecular flexibility index (Phi) is 4.27. The molecule has 0 bridgehead atoms. The Morgan fingerprint density at radius 3 is 2.35 bits per heavy atom. The number of nitrogens with zero attached hydrogens (tertiary/aromatic N) is 1. The molecular formula is C17H14FNO. The van der Waals surface area contributed by atoms with E-state index in [9.17, 15) is 9.18 Å². The number of hydrogen-bond acceptors (Lipinski definition) is 2. The van der Waals surface area contributed by atoms with Gasteiger partial charge in [0, 0.05) is 12.8 Å². The van der Waals surface area contributed by atoms with Gasteiger partial charge in [-0.15, -0.1) is 0 Å². The van der Waals surface area contributed by atoms with Crippen LogP contribution in [0.15, 0.2) is 42.5 Å². The Balaban J connectivity index is 2.05. The normalized spacial score (nSPS) is 10.1. The molecule has 2 nitrogen and oxygen atoms in total. The van der Waals surface area contributed by atoms with E-state index in [1.165, 1.54) is 12.1 Å². The van der Waals surface area contributed by atoms with Crippen molar-refractivity contribution in [2.45, 2.75) is 19.8 Å². The number of hydrogen-bond donors (Lipinski definition) is 0. The molecule has 0 saturated carbocycles. The number of rotatable bonds is 4. The van der Waals surface area contributed by atoms with Gasteiger partial charge in [0.1, 0.15) is 11.6 Å². The maximum Gasteiger partial charge on any atom is 0.141 e. The maximum atomic E-state index is 12.8. The third kappa shape index (κ3) is 3.52. The predicted octanol–water partition coefficient (Wildman–Crippen LogP) is 3.36. The van der Waals surface area contributed by atoms with E-state index in [0.29, 0.717) is 5.56 Å². The van der Waals surface area contributed by atoms with Gasteiger partial charge in [-0.3, -0.25) is 4.79 Å². The van der Waals surface area contributed by atoms with E-state index < -0.39 is 0 Å². The molecule has 2 aromatic carbocycles. The van der Waals surface area contributed by atoms with Crippen molar-refractivity contribution in [3.8, 4) is 6.07 Å². The molecule has 0 N–H and O–H groups in total. The molecule has 0 atom stereocenters. The van der Waals surface area contributed by atoms with E-state index in [4.69, 9.17) is 5.26 Å². The zero-order chi connectivity index (χ0) is 14.5. The van der Waals surface area contributed by atoms with Crippen LogP contribution in [0.5, 0.6) is 0 Å². The van der Waals surface area contributed by atoms with Crippen LogP contribution in [0.2, 0.25) is 0 Å². The standard InChI is InChI=1S/C17H14FNO/c1-12-2-3-14(8-15(12)11-19)10-17(20)9-13-4-6-16(18)7-5-13/h2-8H,9-10H2,1H3. The number of ketones is 1. The van der Waals surface area contributed by atoms with Gasteiger partial charge in [0.25, 0.3) is 0 Å². The number of Topliss-reactive ketones (excluding diaryl/α,β-unsaturated/α-hetero) is 1. The van der Waals surface area contributed by atoms with Crippen LogP contribution < -0.4 is 0 Å². The number of carbonyl (C=O) groups excluding carboxylic acids is 1. The van der Waals surface area contributed by atoms with Gasteiger partial charge < -0.3 is 0 Å². The first-order valence-corrected chi connectivity index (χ1v) is 6.34. The largest absolute Gasteiger partial charge is 0.299 e. The van der Waals surface area contributed by atoms with Gasteiger partial charge in [-0.2, -0.15) is 5.26 Å². The number of benzene rings is 2. The van der Waals surface area contributed by atoms with Crippen LogP contribution in [0.3, 0.4) is 0 Å². The lowest BCUT2D eigenvalue weighted by molar-refractivity contribution is -0.117. The van der Waals surface area contributed by atoms with Crippen molar-refractivity contribution in [2.24, 2.45) is 0 Å². The average Bonchev–Trinajstić information content (AvgIpc) is 2.43. The number of nitriles is 1. The van der Waals surface area contributed by atoms with E-state index in [1.54, 1.807) is 18.2 Å². The molecule has 0 spiro atoms. The summed E-state index contributed by atoms with van der Waals surface area (Å²) in [6.07, 6.45) is 0.558. The quantitative estimate of drug-likeness (QED) is 0.852. The fourth-order valence-corrected chi connectivity index (χ4v) is 2.02. The van der Waals surface area contributed by atoms with E-state index >= 15 is 0 Å². The van der Waals surface area contributed by atoms with E-state index in [0.717, 1.165) is 16.7 Å². The van der Waals surface area contributed by atoms with Crippen molar-refractivity contribution < 1.29 is 9.18 Å². The van der Waals surface area contributed by atoms with Crippen LogP contribution in [0.1, 0.15) is 22.3 Å². The van der Waals surface area contributed by atoms with Crippen LogP contribution >= 0.6 is 0 Å². The third-order valence-corrected chi connectivity index (χ3v) is 3.14. The molecule has 20 heavy (non-hydrogen) atoms. The molecule has 0 aliphatic carbocycles. The van der Waals surface area contributed by atoms with E-state index in [2.05, 4.69) is 6.07 Å². The lowest BCUT2D eigenvalue weighted by Crippen LogP contribution is -2.07. The molecule has 0 aliphatic heterocycles. The second kappa shape index (κ2) is 6.12. The first kappa shape index (κ1) is 14.0. The van der Waals surface area contributed by atoms with Crippen molar-refractivity contribution in [1.82, 2.24) is 0 Å². The van der Waals surface area contributed by atoms with Crippen LogP contribution in [-0.4, -0.2) is 5.78 Å². The summed E-state index contributed by atoms with van der Waals surface area (Å²) in [7, 11) is 0. The topological polar surface area (TPSA) is 40.9 Å². The van der Waals surface area contributed by atoms with Crippen molar-refractivity contribution in [3.05, 3.63) is 70.5 Å². The second-order valence-corrected chi connectivity index (χ2v) is 4.78. The Morgan fingerprint density at radius 2 is 1.70 bits per heavy atom. The summed E-state index contributed by atoms with van der Waals surface area (Å²) in [6.45, 7) is 1.86. The molecule has 0 heterocycles. The van der Waals surface area contributed by atoms with Crippen LogP contribution in [0.4, 0.5) is 4.39 Å². The van der Waals surface area contributed by atoms with Crippen molar-refractivity contribution in [1.29, 1.82) is 5.26 Å². The van der Waals surface area contributed by atoms with Gasteiger partial charge in [-0.05, 0) is 41.8 Å². The summed E-state index contributed by atoms with van der Waals surface area (Å²) in [5.41, 5.74) is 3.13. The monoisotopic (exact) mass is 267 g/mol. The molecule has 2 rings (SSSR count). The van der Waals surface area contributed by atoms with E-state index in [-0.39, 0.29) is 24.4 Å². The first-order chi connectivity index (χ1) is 9.58. The number of aryl methyl sites for hydroxylation is 1. The molecule has 0 unspecified atom stereocenters. The van der Waals surface area contributed by atoms with Crippen LogP contribution in [-0.2, 0) is 17.6 Å². The Bertz CT molecular complexity index is 668. The minimum Gasteiger partial charge on any atom is -0.299 e. The lowest BCUT2D eigenvalue weighted by atomic mass is 9.99. The van der Waals surface area contributed by atoms with Gasteiger partial charge in [0.15, 0.2) is 0 Å². The molecule has 2 aromatic rings. The highest BCUT2D eigenvalue weighted by Gasteiger charge is 2.07. The summed E-state index contributed by atoms with van der Waals surface area (Å²) in [5, 5.41) is 8.97. The number of carbonyl (C=O) groups is 1. The molecule has 0 amide bonds. The van der Waals surface area contributed by atoms with Crippen LogP contribution in [0.25, 0.3) is 0 Å². The fraction of sp³-hybridized carbons (Fsp3) is 0.176. The van der Waals surface area contributed by atoms with Crippen molar-refractivity contribution in [2.75, 3.05) is 0 Å². The molecule has 0 aromatic heterocycles. The summed E-state index contributed by atoms with van der Waals surface area (Å²) >= 11 is 0. The Labute approximate surface area is 117 Å². The summed E-state index contributed by atoms with van der Waals surface area (Å²) in [4.78, 5) is 12.0. The van der Waals surface area contributed by atoms with Gasteiger partial charge in [0.05, 0.1) is 11.6 Å². The smallest absolute Gasteiger partial charge is 0.141 e. The highest BCUT2D eigenvalue weighted by molar-refractivity contribution is 5.83. The molecule has 0 saturated heterocycles. The zero-order valence-electron chi connectivity index (χ0n) is 11.2. The van der Waals surface area contributed by atoms with Gasteiger partial charge in [-0.1, -0.05) is 24.3 Å². The first-order valence-electron chi connectivity index (χ1n) is 6.34. The lowest BCUT2D eigenvalue weighted by Gasteiger charge is -2.04. The van der Waals surface area contributed by atoms with Crippen LogP contribution in [0, 0.1) is 24.1 Å². The Hall–Kier alpha value is -2.47. The molecule has 0 radical (unpaired) electrons. The average molecular weight is 267 g/mol. The fourth-order valence-electron chi connectivity index (χ4n) is 2.02. The van der Waals surface area contributed by atoms with Gasteiger partial charge in [-0.25, -0.2) is 4.39 Å². The summed E-state index contributed by atoms with van der Waals surface area (Å²) in [6, 6.07) is 13.5. The van der Waals surface area contributed by atoms with Crippen molar-refractivity contribution in [3.63, 3.8) is 0 Å². The Morgan fingerprint density at radius 1 is 1.10 bits per heavy atom. The predicted molar refractivity (Wildman–Crippen MR) is 74.7 cm³/mol. The molecule has 0 aliphatic rings. The summed E-state index contributed by atoms with van der Waals surface area (Å²) < 4.78 is 12.8. The zero-order valence-corrected chi connectivity index (χ0v) is 11.2. The highest BCUT2D eigenvalue weighted by atomic mass is 19.1. The number of halogens is 1. The van der Waals surface area contributed by atoms with Gasteiger partial charge in [0.2, 0.25) is 0 Å².